The van der Waals surface area contributed by atoms with Gasteiger partial charge in [-0.25, -0.2) is 9.50 Å². The van der Waals surface area contributed by atoms with Crippen LogP contribution in [-0.4, -0.2) is 21.1 Å². The van der Waals surface area contributed by atoms with Crippen molar-refractivity contribution in [1.29, 1.82) is 0 Å². The third-order valence-electron chi connectivity index (χ3n) is 1.81. The summed E-state index contributed by atoms with van der Waals surface area (Å²) in [6.07, 6.45) is 0.813. The Morgan fingerprint density at radius 3 is 3.08 bits per heavy atom. The number of pyridine rings is 1. The topological polar surface area (TPSA) is 56.2 Å². The lowest BCUT2D eigenvalue weighted by Crippen LogP contribution is -2.07. The van der Waals surface area contributed by atoms with Crippen LogP contribution in [0.25, 0.3) is 5.65 Å². The summed E-state index contributed by atoms with van der Waals surface area (Å²) in [6.45, 7) is 0.622. The number of nitrogens with zero attached hydrogens (tertiary/aromatic N) is 3. The first kappa shape index (κ1) is 8.65. The van der Waals surface area contributed by atoms with Crippen LogP contribution in [0.15, 0.2) is 22.9 Å². The van der Waals surface area contributed by atoms with Crippen molar-refractivity contribution in [2.24, 2.45) is 5.73 Å². The first-order valence-corrected chi connectivity index (χ1v) is 4.81. The molecule has 2 N–H and O–H groups in total. The highest BCUT2D eigenvalue weighted by Crippen LogP contribution is 2.09. The predicted molar refractivity (Wildman–Crippen MR) is 53.4 cm³/mol. The highest BCUT2D eigenvalue weighted by atomic mass is 79.9. The van der Waals surface area contributed by atoms with Crippen molar-refractivity contribution in [2.75, 3.05) is 6.54 Å². The van der Waals surface area contributed by atoms with Crippen molar-refractivity contribution in [1.82, 2.24) is 14.6 Å². The van der Waals surface area contributed by atoms with E-state index >= 15 is 0 Å². The molecule has 0 aliphatic carbocycles. The zero-order chi connectivity index (χ0) is 9.26. The lowest BCUT2D eigenvalue weighted by Gasteiger charge is -2.00. The monoisotopic (exact) mass is 240 g/mol. The predicted octanol–water partition coefficient (Wildman–Crippen LogP) is 0.993. The van der Waals surface area contributed by atoms with E-state index in [4.69, 9.17) is 5.73 Å². The van der Waals surface area contributed by atoms with Crippen molar-refractivity contribution in [3.8, 4) is 0 Å². The molecule has 68 valence electrons. The van der Waals surface area contributed by atoms with Gasteiger partial charge in [0.05, 0.1) is 0 Å². The van der Waals surface area contributed by atoms with Gasteiger partial charge in [0.25, 0.3) is 0 Å². The molecule has 0 bridgehead atoms. The maximum absolute atomic E-state index is 5.49. The van der Waals surface area contributed by atoms with Crippen LogP contribution >= 0.6 is 15.9 Å². The number of hydrogen-bond donors (Lipinski definition) is 1. The van der Waals surface area contributed by atoms with Gasteiger partial charge in [-0.2, -0.15) is 0 Å². The van der Waals surface area contributed by atoms with Crippen LogP contribution in [0, 0.1) is 0 Å². The van der Waals surface area contributed by atoms with Gasteiger partial charge in [0.15, 0.2) is 5.65 Å². The van der Waals surface area contributed by atoms with Crippen LogP contribution in [0.4, 0.5) is 0 Å². The van der Waals surface area contributed by atoms with Crippen LogP contribution in [0.3, 0.4) is 0 Å². The highest BCUT2D eigenvalue weighted by Gasteiger charge is 2.03. The van der Waals surface area contributed by atoms with E-state index in [9.17, 15) is 0 Å². The van der Waals surface area contributed by atoms with Gasteiger partial charge in [0.1, 0.15) is 0 Å². The second-order valence-electron chi connectivity index (χ2n) is 2.71. The summed E-state index contributed by atoms with van der Waals surface area (Å²) in [7, 11) is 0. The fraction of sp³-hybridized carbons (Fsp3) is 0.250. The average molecular weight is 241 g/mol. The average Bonchev–Trinajstić information content (AvgIpc) is 2.47. The van der Waals surface area contributed by atoms with E-state index in [1.165, 1.54) is 0 Å². The Hall–Kier alpha value is -0.940. The molecule has 0 aliphatic heterocycles. The highest BCUT2D eigenvalue weighted by molar-refractivity contribution is 9.10. The zero-order valence-electron chi connectivity index (χ0n) is 6.94. The molecule has 13 heavy (non-hydrogen) atoms. The number of nitrogens with two attached hydrogens (primary N) is 1. The Labute approximate surface area is 83.9 Å². The number of rotatable bonds is 2. The van der Waals surface area contributed by atoms with E-state index in [0.717, 1.165) is 17.8 Å². The van der Waals surface area contributed by atoms with Gasteiger partial charge >= 0.3 is 0 Å². The molecule has 2 aromatic rings. The third-order valence-corrected chi connectivity index (χ3v) is 2.15. The second-order valence-corrected chi connectivity index (χ2v) is 3.42. The van der Waals surface area contributed by atoms with Gasteiger partial charge < -0.3 is 5.73 Å². The zero-order valence-corrected chi connectivity index (χ0v) is 8.53. The SMILES string of the molecule is NCCc1cccc2nc(Br)nn12. The number of hydrogen-bond acceptors (Lipinski definition) is 3. The van der Waals surface area contributed by atoms with E-state index in [2.05, 4.69) is 26.0 Å². The lowest BCUT2D eigenvalue weighted by atomic mass is 10.3. The standard InChI is InChI=1S/C8H9BrN4/c9-8-11-7-3-1-2-6(4-5-10)13(7)12-8/h1-3H,4-5,10H2. The van der Waals surface area contributed by atoms with Crippen LogP contribution in [-0.2, 0) is 6.42 Å². The van der Waals surface area contributed by atoms with Crippen molar-refractivity contribution < 1.29 is 0 Å². The van der Waals surface area contributed by atoms with Crippen LogP contribution < -0.4 is 5.73 Å². The first-order valence-electron chi connectivity index (χ1n) is 4.01. The molecular formula is C8H9BrN4. The fourth-order valence-corrected chi connectivity index (χ4v) is 1.61. The summed E-state index contributed by atoms with van der Waals surface area (Å²) in [4.78, 5) is 4.18. The Kier molecular flexibility index (Phi) is 2.28. The molecule has 0 amide bonds. The third kappa shape index (κ3) is 1.57. The molecule has 4 nitrogen and oxygen atoms in total. The minimum atomic E-state index is 0.608. The number of aromatic nitrogens is 3. The summed E-state index contributed by atoms with van der Waals surface area (Å²) < 4.78 is 2.41. The van der Waals surface area contributed by atoms with Crippen molar-refractivity contribution in [2.45, 2.75) is 6.42 Å². The molecule has 2 aromatic heterocycles. The number of fused-ring (bicyclic) bond motifs is 1. The van der Waals surface area contributed by atoms with Crippen molar-refractivity contribution >= 4 is 21.6 Å². The van der Waals surface area contributed by atoms with Gasteiger partial charge in [-0.05, 0) is 34.6 Å². The van der Waals surface area contributed by atoms with Crippen LogP contribution in [0.1, 0.15) is 5.69 Å². The summed E-state index contributed by atoms with van der Waals surface area (Å²) >= 11 is 3.24. The van der Waals surface area contributed by atoms with E-state index in [-0.39, 0.29) is 0 Å². The van der Waals surface area contributed by atoms with E-state index in [0.29, 0.717) is 11.3 Å². The molecule has 0 atom stereocenters. The molecule has 0 saturated heterocycles. The Morgan fingerprint density at radius 1 is 1.46 bits per heavy atom. The molecule has 0 saturated carbocycles. The van der Waals surface area contributed by atoms with Crippen LogP contribution in [0.5, 0.6) is 0 Å². The molecule has 0 radical (unpaired) electrons. The minimum Gasteiger partial charge on any atom is -0.330 e. The molecular weight excluding hydrogens is 232 g/mol. The first-order chi connectivity index (χ1) is 6.31. The van der Waals surface area contributed by atoms with Gasteiger partial charge in [-0.1, -0.05) is 6.07 Å². The maximum Gasteiger partial charge on any atom is 0.218 e. The normalized spacial score (nSPS) is 10.9. The van der Waals surface area contributed by atoms with E-state index < -0.39 is 0 Å². The summed E-state index contributed by atoms with van der Waals surface area (Å²) in [5.74, 6) is 0. The molecule has 0 fully saturated rings. The number of halogens is 1. The van der Waals surface area contributed by atoms with Gasteiger partial charge in [0.2, 0.25) is 4.73 Å². The van der Waals surface area contributed by atoms with Crippen molar-refractivity contribution in [3.05, 3.63) is 28.6 Å². The summed E-state index contributed by atoms with van der Waals surface area (Å²) in [5, 5.41) is 4.20. The van der Waals surface area contributed by atoms with Gasteiger partial charge in [0, 0.05) is 12.1 Å². The Balaban J connectivity index is 2.60. The van der Waals surface area contributed by atoms with E-state index in [1.807, 2.05) is 18.2 Å². The summed E-state index contributed by atoms with van der Waals surface area (Å²) in [5.41, 5.74) is 7.41. The smallest absolute Gasteiger partial charge is 0.218 e. The fourth-order valence-electron chi connectivity index (χ4n) is 1.27. The molecule has 2 heterocycles. The maximum atomic E-state index is 5.49. The van der Waals surface area contributed by atoms with Crippen molar-refractivity contribution in [3.63, 3.8) is 0 Å². The molecule has 0 spiro atoms. The Bertz CT molecular complexity index is 423. The second kappa shape index (κ2) is 3.43. The molecule has 0 aliphatic rings. The van der Waals surface area contributed by atoms with E-state index in [1.54, 1.807) is 4.52 Å². The molecule has 0 aromatic carbocycles. The Morgan fingerprint density at radius 2 is 2.31 bits per heavy atom. The molecule has 5 heteroatoms. The largest absolute Gasteiger partial charge is 0.330 e. The van der Waals surface area contributed by atoms with Crippen LogP contribution in [0.2, 0.25) is 0 Å². The molecule has 0 unspecified atom stereocenters. The minimum absolute atomic E-state index is 0.608. The van der Waals surface area contributed by atoms with Gasteiger partial charge in [-0.3, -0.25) is 0 Å². The summed E-state index contributed by atoms with van der Waals surface area (Å²) in [6, 6.07) is 5.88. The lowest BCUT2D eigenvalue weighted by molar-refractivity contribution is 0.823. The van der Waals surface area contributed by atoms with Gasteiger partial charge in [-0.15, -0.1) is 5.10 Å². The quantitative estimate of drug-likeness (QED) is 0.853. The molecule has 2 rings (SSSR count).